The highest BCUT2D eigenvalue weighted by Crippen LogP contribution is 2.30. The average molecular weight is 237 g/mol. The molecule has 1 aromatic rings. The van der Waals surface area contributed by atoms with E-state index >= 15 is 0 Å². The molecule has 0 radical (unpaired) electrons. The van der Waals surface area contributed by atoms with E-state index in [0.29, 0.717) is 5.92 Å². The topological polar surface area (TPSA) is 21.3 Å². The second-order valence-corrected chi connectivity index (χ2v) is 4.58. The highest BCUT2D eigenvalue weighted by molar-refractivity contribution is 5.22. The molecule has 1 N–H and O–H groups in total. The van der Waals surface area contributed by atoms with Gasteiger partial charge < -0.3 is 10.1 Å². The first kappa shape index (κ1) is 12.5. The third-order valence-electron chi connectivity index (χ3n) is 3.29. The molecular formula is C14H20FNO. The van der Waals surface area contributed by atoms with Crippen LogP contribution in [0, 0.1) is 11.7 Å². The molecule has 1 saturated heterocycles. The predicted octanol–water partition coefficient (Wildman–Crippen LogP) is 2.90. The third kappa shape index (κ3) is 3.05. The Balaban J connectivity index is 2.16. The van der Waals surface area contributed by atoms with E-state index in [1.165, 1.54) is 6.07 Å². The van der Waals surface area contributed by atoms with Crippen molar-refractivity contribution in [1.29, 1.82) is 0 Å². The van der Waals surface area contributed by atoms with Crippen LogP contribution < -0.4 is 5.32 Å². The minimum Gasteiger partial charge on any atom is -0.381 e. The van der Waals surface area contributed by atoms with Crippen LogP contribution in [0.5, 0.6) is 0 Å². The third-order valence-corrected chi connectivity index (χ3v) is 3.29. The predicted molar refractivity (Wildman–Crippen MR) is 66.4 cm³/mol. The van der Waals surface area contributed by atoms with Crippen LogP contribution in [0.4, 0.5) is 4.39 Å². The molecule has 0 aliphatic carbocycles. The van der Waals surface area contributed by atoms with Crippen LogP contribution in [-0.4, -0.2) is 19.8 Å². The van der Waals surface area contributed by atoms with Gasteiger partial charge in [-0.25, -0.2) is 4.39 Å². The average Bonchev–Trinajstić information content (AvgIpc) is 2.85. The smallest absolute Gasteiger partial charge is 0.127 e. The molecule has 2 unspecified atom stereocenters. The van der Waals surface area contributed by atoms with Gasteiger partial charge in [-0.3, -0.25) is 0 Å². The zero-order chi connectivity index (χ0) is 12.1. The maximum atomic E-state index is 13.8. The highest BCUT2D eigenvalue weighted by Gasteiger charge is 2.28. The lowest BCUT2D eigenvalue weighted by Crippen LogP contribution is -2.30. The van der Waals surface area contributed by atoms with Gasteiger partial charge in [0, 0.05) is 24.1 Å². The Morgan fingerprint density at radius 2 is 2.29 bits per heavy atom. The molecule has 0 saturated carbocycles. The Labute approximate surface area is 102 Å². The zero-order valence-corrected chi connectivity index (χ0v) is 10.3. The van der Waals surface area contributed by atoms with Gasteiger partial charge in [0.1, 0.15) is 5.82 Å². The Morgan fingerprint density at radius 1 is 1.47 bits per heavy atom. The molecular weight excluding hydrogens is 217 g/mol. The number of rotatable bonds is 5. The van der Waals surface area contributed by atoms with Crippen LogP contribution in [0.2, 0.25) is 0 Å². The number of ether oxygens (including phenoxy) is 1. The van der Waals surface area contributed by atoms with E-state index in [1.807, 2.05) is 12.1 Å². The fourth-order valence-corrected chi connectivity index (χ4v) is 2.37. The Kier molecular flexibility index (Phi) is 4.51. The van der Waals surface area contributed by atoms with E-state index in [-0.39, 0.29) is 11.9 Å². The summed E-state index contributed by atoms with van der Waals surface area (Å²) in [5.41, 5.74) is 0.774. The zero-order valence-electron chi connectivity index (χ0n) is 10.3. The summed E-state index contributed by atoms with van der Waals surface area (Å²) in [5, 5.41) is 3.45. The molecule has 1 aliphatic heterocycles. The maximum absolute atomic E-state index is 13.8. The second-order valence-electron chi connectivity index (χ2n) is 4.58. The van der Waals surface area contributed by atoms with Gasteiger partial charge in [0.25, 0.3) is 0 Å². The Hall–Kier alpha value is -0.930. The molecule has 0 spiro atoms. The van der Waals surface area contributed by atoms with E-state index in [2.05, 4.69) is 12.2 Å². The fraction of sp³-hybridized carbons (Fsp3) is 0.571. The SMILES string of the molecule is CCCNC(c1ccccc1F)C1CCOC1. The highest BCUT2D eigenvalue weighted by atomic mass is 19.1. The molecule has 0 amide bonds. The molecule has 2 rings (SSSR count). The van der Waals surface area contributed by atoms with Gasteiger partial charge in [-0.05, 0) is 25.5 Å². The van der Waals surface area contributed by atoms with Gasteiger partial charge in [0.05, 0.1) is 6.61 Å². The minimum absolute atomic E-state index is 0.0821. The quantitative estimate of drug-likeness (QED) is 0.850. The molecule has 1 aromatic carbocycles. The largest absolute Gasteiger partial charge is 0.381 e. The molecule has 1 aliphatic rings. The van der Waals surface area contributed by atoms with E-state index in [1.54, 1.807) is 6.07 Å². The monoisotopic (exact) mass is 237 g/mol. The van der Waals surface area contributed by atoms with Crippen LogP contribution in [0.3, 0.4) is 0 Å². The standard InChI is InChI=1S/C14H20FNO/c1-2-8-16-14(11-7-9-17-10-11)12-5-3-4-6-13(12)15/h3-6,11,14,16H,2,7-10H2,1H3. The maximum Gasteiger partial charge on any atom is 0.127 e. The summed E-state index contributed by atoms with van der Waals surface area (Å²) < 4.78 is 19.3. The molecule has 1 fully saturated rings. The van der Waals surface area contributed by atoms with Crippen molar-refractivity contribution < 1.29 is 9.13 Å². The van der Waals surface area contributed by atoms with Gasteiger partial charge in [-0.1, -0.05) is 25.1 Å². The van der Waals surface area contributed by atoms with Gasteiger partial charge in [-0.2, -0.15) is 0 Å². The van der Waals surface area contributed by atoms with Crippen LogP contribution >= 0.6 is 0 Å². The van der Waals surface area contributed by atoms with E-state index in [9.17, 15) is 4.39 Å². The van der Waals surface area contributed by atoms with Crippen LogP contribution in [-0.2, 0) is 4.74 Å². The summed E-state index contributed by atoms with van der Waals surface area (Å²) in [4.78, 5) is 0. The molecule has 17 heavy (non-hydrogen) atoms. The lowest BCUT2D eigenvalue weighted by atomic mass is 9.92. The Morgan fingerprint density at radius 3 is 2.94 bits per heavy atom. The first-order valence-electron chi connectivity index (χ1n) is 6.38. The number of nitrogens with one attached hydrogen (secondary N) is 1. The lowest BCUT2D eigenvalue weighted by Gasteiger charge is -2.24. The first-order chi connectivity index (χ1) is 8.33. The fourth-order valence-electron chi connectivity index (χ4n) is 2.37. The summed E-state index contributed by atoms with van der Waals surface area (Å²) >= 11 is 0. The van der Waals surface area contributed by atoms with Gasteiger partial charge >= 0.3 is 0 Å². The summed E-state index contributed by atoms with van der Waals surface area (Å²) in [6.45, 7) is 4.56. The lowest BCUT2D eigenvalue weighted by molar-refractivity contribution is 0.176. The van der Waals surface area contributed by atoms with Crippen LogP contribution in [0.1, 0.15) is 31.4 Å². The Bertz CT molecular complexity index is 350. The molecule has 94 valence electrons. The van der Waals surface area contributed by atoms with Crippen molar-refractivity contribution >= 4 is 0 Å². The molecule has 0 bridgehead atoms. The number of hydrogen-bond acceptors (Lipinski definition) is 2. The van der Waals surface area contributed by atoms with Crippen molar-refractivity contribution in [1.82, 2.24) is 5.32 Å². The van der Waals surface area contributed by atoms with Crippen LogP contribution in [0.15, 0.2) is 24.3 Å². The summed E-state index contributed by atoms with van der Waals surface area (Å²) in [7, 11) is 0. The van der Waals surface area contributed by atoms with E-state index in [0.717, 1.165) is 38.2 Å². The normalized spacial score (nSPS) is 21.6. The van der Waals surface area contributed by atoms with Crippen molar-refractivity contribution in [2.24, 2.45) is 5.92 Å². The molecule has 0 aromatic heterocycles. The first-order valence-corrected chi connectivity index (χ1v) is 6.38. The minimum atomic E-state index is -0.118. The van der Waals surface area contributed by atoms with Crippen molar-refractivity contribution in [3.05, 3.63) is 35.6 Å². The molecule has 1 heterocycles. The molecule has 3 heteroatoms. The van der Waals surface area contributed by atoms with Gasteiger partial charge in [0.2, 0.25) is 0 Å². The summed E-state index contributed by atoms with van der Waals surface area (Å²) in [6, 6.07) is 7.13. The van der Waals surface area contributed by atoms with Gasteiger partial charge in [0.15, 0.2) is 0 Å². The van der Waals surface area contributed by atoms with Crippen molar-refractivity contribution in [3.63, 3.8) is 0 Å². The van der Waals surface area contributed by atoms with Crippen molar-refractivity contribution in [2.45, 2.75) is 25.8 Å². The van der Waals surface area contributed by atoms with Gasteiger partial charge in [-0.15, -0.1) is 0 Å². The second kappa shape index (κ2) is 6.12. The molecule has 2 atom stereocenters. The summed E-state index contributed by atoms with van der Waals surface area (Å²) in [5.74, 6) is 0.270. The molecule has 2 nitrogen and oxygen atoms in total. The van der Waals surface area contributed by atoms with E-state index < -0.39 is 0 Å². The number of benzene rings is 1. The van der Waals surface area contributed by atoms with Crippen molar-refractivity contribution in [3.8, 4) is 0 Å². The van der Waals surface area contributed by atoms with Crippen molar-refractivity contribution in [2.75, 3.05) is 19.8 Å². The van der Waals surface area contributed by atoms with Crippen LogP contribution in [0.25, 0.3) is 0 Å². The summed E-state index contributed by atoms with van der Waals surface area (Å²) in [6.07, 6.45) is 2.06. The number of halogens is 1. The number of hydrogen-bond donors (Lipinski definition) is 1. The van der Waals surface area contributed by atoms with E-state index in [4.69, 9.17) is 4.74 Å².